The lowest BCUT2D eigenvalue weighted by atomic mass is 9.94. The zero-order valence-electron chi connectivity index (χ0n) is 18.0. The fraction of sp³-hybridized carbons (Fsp3) is 0.625. The fourth-order valence-electron chi connectivity index (χ4n) is 4.73. The Kier molecular flexibility index (Phi) is 7.51. The van der Waals surface area contributed by atoms with Gasteiger partial charge in [0.25, 0.3) is 0 Å². The molecule has 2 heterocycles. The predicted molar refractivity (Wildman–Crippen MR) is 116 cm³/mol. The molecule has 4 rings (SSSR count). The molecule has 0 atom stereocenters. The first-order valence-corrected chi connectivity index (χ1v) is 11.6. The van der Waals surface area contributed by atoms with E-state index in [1.807, 2.05) is 11.0 Å². The van der Waals surface area contributed by atoms with E-state index in [0.29, 0.717) is 24.6 Å². The summed E-state index contributed by atoms with van der Waals surface area (Å²) in [4.78, 5) is 17.2. The van der Waals surface area contributed by atoms with Crippen molar-refractivity contribution in [1.82, 2.24) is 20.0 Å². The summed E-state index contributed by atoms with van der Waals surface area (Å²) in [6, 6.07) is 11.2. The summed E-state index contributed by atoms with van der Waals surface area (Å²) in [5, 5.41) is 8.29. The summed E-state index contributed by atoms with van der Waals surface area (Å²) in [5.41, 5.74) is 1.33. The van der Waals surface area contributed by atoms with Crippen LogP contribution in [0.3, 0.4) is 0 Å². The van der Waals surface area contributed by atoms with Gasteiger partial charge >= 0.3 is 0 Å². The number of aromatic nitrogens is 2. The number of hydrogen-bond acceptors (Lipinski definition) is 5. The Bertz CT molecular complexity index is 778. The molecule has 2 aliphatic rings. The molecule has 1 aliphatic heterocycles. The lowest BCUT2D eigenvalue weighted by molar-refractivity contribution is -0.133. The Morgan fingerprint density at radius 2 is 1.60 bits per heavy atom. The molecule has 2 fully saturated rings. The van der Waals surface area contributed by atoms with Crippen LogP contribution in [0.5, 0.6) is 0 Å². The summed E-state index contributed by atoms with van der Waals surface area (Å²) in [6.45, 7) is 3.73. The molecule has 0 N–H and O–H groups in total. The predicted octanol–water partition coefficient (Wildman–Crippen LogP) is 3.65. The lowest BCUT2D eigenvalue weighted by Crippen LogP contribution is -2.52. The average Bonchev–Trinajstić information content (AvgIpc) is 3.27. The minimum atomic E-state index is 0.210. The van der Waals surface area contributed by atoms with Gasteiger partial charge in [0.05, 0.1) is 0 Å². The third-order valence-electron chi connectivity index (χ3n) is 6.52. The number of amides is 1. The molecule has 1 aliphatic carbocycles. The summed E-state index contributed by atoms with van der Waals surface area (Å²) in [6.07, 6.45) is 10.5. The van der Waals surface area contributed by atoms with E-state index in [-0.39, 0.29) is 5.91 Å². The molecule has 1 saturated heterocycles. The highest BCUT2D eigenvalue weighted by molar-refractivity contribution is 5.76. The van der Waals surface area contributed by atoms with Crippen molar-refractivity contribution in [1.29, 1.82) is 0 Å². The zero-order chi connectivity index (χ0) is 20.6. The van der Waals surface area contributed by atoms with Crippen molar-refractivity contribution in [2.24, 2.45) is 0 Å². The van der Waals surface area contributed by atoms with E-state index >= 15 is 0 Å². The molecular weight excluding hydrogens is 376 g/mol. The highest BCUT2D eigenvalue weighted by atomic mass is 16.4. The van der Waals surface area contributed by atoms with Gasteiger partial charge in [0.2, 0.25) is 17.7 Å². The Morgan fingerprint density at radius 3 is 2.33 bits per heavy atom. The number of aryl methyl sites for hydroxylation is 3. The topological polar surface area (TPSA) is 62.5 Å². The summed E-state index contributed by atoms with van der Waals surface area (Å²) in [5.74, 6) is 1.47. The molecule has 1 amide bonds. The first-order valence-electron chi connectivity index (χ1n) is 11.6. The minimum absolute atomic E-state index is 0.210. The molecule has 162 valence electrons. The molecule has 0 bridgehead atoms. The minimum Gasteiger partial charge on any atom is -0.425 e. The van der Waals surface area contributed by atoms with Gasteiger partial charge in [0.15, 0.2) is 0 Å². The van der Waals surface area contributed by atoms with Crippen molar-refractivity contribution in [2.75, 3.05) is 26.2 Å². The Morgan fingerprint density at radius 1 is 0.900 bits per heavy atom. The first kappa shape index (κ1) is 21.0. The van der Waals surface area contributed by atoms with Crippen LogP contribution in [0.25, 0.3) is 0 Å². The molecule has 1 aromatic carbocycles. The van der Waals surface area contributed by atoms with Gasteiger partial charge in [-0.05, 0) is 31.2 Å². The third-order valence-corrected chi connectivity index (χ3v) is 6.52. The van der Waals surface area contributed by atoms with Gasteiger partial charge in [0.1, 0.15) is 0 Å². The smallest absolute Gasteiger partial charge is 0.223 e. The number of carbonyl (C=O) groups excluding carboxylic acids is 1. The van der Waals surface area contributed by atoms with E-state index in [1.54, 1.807) is 0 Å². The van der Waals surface area contributed by atoms with E-state index in [2.05, 4.69) is 39.4 Å². The average molecular weight is 411 g/mol. The van der Waals surface area contributed by atoms with Crippen LogP contribution in [0, 0.1) is 0 Å². The van der Waals surface area contributed by atoms with E-state index < -0.39 is 0 Å². The quantitative estimate of drug-likeness (QED) is 0.665. The van der Waals surface area contributed by atoms with Crippen LogP contribution < -0.4 is 0 Å². The van der Waals surface area contributed by atoms with Crippen molar-refractivity contribution in [3.8, 4) is 0 Å². The van der Waals surface area contributed by atoms with Crippen LogP contribution in [0.2, 0.25) is 0 Å². The first-order chi connectivity index (χ1) is 14.8. The second-order valence-corrected chi connectivity index (χ2v) is 8.64. The van der Waals surface area contributed by atoms with Crippen LogP contribution in [-0.4, -0.2) is 58.1 Å². The van der Waals surface area contributed by atoms with Gasteiger partial charge in [-0.15, -0.1) is 10.2 Å². The second-order valence-electron chi connectivity index (χ2n) is 8.64. The maximum absolute atomic E-state index is 12.6. The maximum Gasteiger partial charge on any atom is 0.223 e. The van der Waals surface area contributed by atoms with Gasteiger partial charge in [-0.25, -0.2) is 0 Å². The molecule has 2 aromatic rings. The summed E-state index contributed by atoms with van der Waals surface area (Å²) >= 11 is 0. The summed E-state index contributed by atoms with van der Waals surface area (Å²) in [7, 11) is 0. The molecule has 1 saturated carbocycles. The number of piperazine rings is 1. The van der Waals surface area contributed by atoms with Gasteiger partial charge in [0, 0.05) is 51.5 Å². The van der Waals surface area contributed by atoms with Crippen LogP contribution >= 0.6 is 0 Å². The molecule has 30 heavy (non-hydrogen) atoms. The van der Waals surface area contributed by atoms with Crippen LogP contribution in [0.15, 0.2) is 34.7 Å². The fourth-order valence-corrected chi connectivity index (χ4v) is 4.73. The van der Waals surface area contributed by atoms with Gasteiger partial charge < -0.3 is 9.32 Å². The number of carbonyl (C=O) groups is 1. The van der Waals surface area contributed by atoms with Crippen molar-refractivity contribution < 1.29 is 9.21 Å². The van der Waals surface area contributed by atoms with Crippen molar-refractivity contribution in [3.63, 3.8) is 0 Å². The Labute approximate surface area is 179 Å². The highest BCUT2D eigenvalue weighted by Crippen LogP contribution is 2.23. The van der Waals surface area contributed by atoms with Crippen LogP contribution in [0.4, 0.5) is 0 Å². The number of benzene rings is 1. The molecule has 0 spiro atoms. The van der Waals surface area contributed by atoms with E-state index in [9.17, 15) is 4.79 Å². The van der Waals surface area contributed by atoms with Gasteiger partial charge in [-0.1, -0.05) is 49.6 Å². The van der Waals surface area contributed by atoms with E-state index in [4.69, 9.17) is 4.42 Å². The SMILES string of the molecule is O=C(CCc1nnc(CCCc2ccccc2)o1)N1CCN(C2CCCCC2)CC1. The molecule has 0 radical (unpaired) electrons. The number of rotatable bonds is 8. The highest BCUT2D eigenvalue weighted by Gasteiger charge is 2.27. The third kappa shape index (κ3) is 5.91. The van der Waals surface area contributed by atoms with Crippen LogP contribution in [-0.2, 0) is 24.1 Å². The second kappa shape index (κ2) is 10.7. The Balaban J connectivity index is 1.15. The zero-order valence-corrected chi connectivity index (χ0v) is 18.0. The molecule has 0 unspecified atom stereocenters. The lowest BCUT2D eigenvalue weighted by Gasteiger charge is -2.40. The van der Waals surface area contributed by atoms with Crippen molar-refractivity contribution >= 4 is 5.91 Å². The Hall–Kier alpha value is -2.21. The van der Waals surface area contributed by atoms with Crippen molar-refractivity contribution in [3.05, 3.63) is 47.7 Å². The molecule has 6 nitrogen and oxygen atoms in total. The van der Waals surface area contributed by atoms with Crippen molar-refractivity contribution in [2.45, 2.75) is 70.3 Å². The maximum atomic E-state index is 12.6. The van der Waals surface area contributed by atoms with Crippen LogP contribution in [0.1, 0.15) is 62.3 Å². The van der Waals surface area contributed by atoms with Gasteiger partial charge in [-0.3, -0.25) is 9.69 Å². The number of hydrogen-bond donors (Lipinski definition) is 0. The van der Waals surface area contributed by atoms with Gasteiger partial charge in [-0.2, -0.15) is 0 Å². The van der Waals surface area contributed by atoms with E-state index in [0.717, 1.165) is 51.5 Å². The standard InChI is InChI=1S/C24H34N4O2/c29-24(28-18-16-27(17-19-28)21-11-5-2-6-12-21)15-14-23-26-25-22(30-23)13-7-10-20-8-3-1-4-9-20/h1,3-4,8-9,21H,2,5-7,10-19H2. The molecular formula is C24H34N4O2. The molecule has 1 aromatic heterocycles. The molecule has 6 heteroatoms. The number of nitrogens with zero attached hydrogens (tertiary/aromatic N) is 4. The largest absolute Gasteiger partial charge is 0.425 e. The summed E-state index contributed by atoms with van der Waals surface area (Å²) < 4.78 is 5.75. The normalized spacial score (nSPS) is 18.6. The van der Waals surface area contributed by atoms with E-state index in [1.165, 1.54) is 37.7 Å². The monoisotopic (exact) mass is 410 g/mol.